The van der Waals surface area contributed by atoms with E-state index >= 15 is 0 Å². The molecule has 114 valence electrons. The minimum atomic E-state index is -3.67. The molecule has 0 heterocycles. The van der Waals surface area contributed by atoms with Crippen molar-refractivity contribution >= 4 is 15.7 Å². The van der Waals surface area contributed by atoms with Crippen LogP contribution in [0.5, 0.6) is 5.75 Å². The van der Waals surface area contributed by atoms with E-state index in [0.29, 0.717) is 18.0 Å². The van der Waals surface area contributed by atoms with Crippen LogP contribution < -0.4 is 15.2 Å². The summed E-state index contributed by atoms with van der Waals surface area (Å²) in [6, 6.07) is 4.40. The standard InChI is InChI=1S/C14H24N2O3S/c1-6-19-12-8-7-11(15)9-13(12)20(17,18)16-10(2)14(3,4)5/h7-10,16H,6,15H2,1-5H3. The molecule has 0 saturated carbocycles. The molecule has 0 fully saturated rings. The lowest BCUT2D eigenvalue weighted by Crippen LogP contribution is -2.41. The van der Waals surface area contributed by atoms with Crippen LogP contribution in [0, 0.1) is 5.41 Å². The molecule has 0 aliphatic rings. The Labute approximate surface area is 121 Å². The third kappa shape index (κ3) is 4.11. The highest BCUT2D eigenvalue weighted by molar-refractivity contribution is 7.89. The van der Waals surface area contributed by atoms with E-state index in [9.17, 15) is 8.42 Å². The van der Waals surface area contributed by atoms with Gasteiger partial charge in [0, 0.05) is 11.7 Å². The van der Waals surface area contributed by atoms with Crippen LogP contribution >= 0.6 is 0 Å². The highest BCUT2D eigenvalue weighted by Crippen LogP contribution is 2.28. The van der Waals surface area contributed by atoms with E-state index in [1.807, 2.05) is 27.7 Å². The molecular formula is C14H24N2O3S. The number of hydrogen-bond acceptors (Lipinski definition) is 4. The van der Waals surface area contributed by atoms with Crippen LogP contribution in [0.2, 0.25) is 0 Å². The number of nitrogens with two attached hydrogens (primary N) is 1. The molecule has 0 radical (unpaired) electrons. The van der Waals surface area contributed by atoms with Gasteiger partial charge in [0.25, 0.3) is 0 Å². The fourth-order valence-electron chi connectivity index (χ4n) is 1.48. The number of anilines is 1. The Hall–Kier alpha value is -1.27. The average molecular weight is 300 g/mol. The summed E-state index contributed by atoms with van der Waals surface area (Å²) in [4.78, 5) is 0.0791. The van der Waals surface area contributed by atoms with Gasteiger partial charge in [-0.2, -0.15) is 0 Å². The zero-order valence-corrected chi connectivity index (χ0v) is 13.5. The first kappa shape index (κ1) is 16.8. The van der Waals surface area contributed by atoms with Crippen molar-refractivity contribution in [2.45, 2.75) is 45.6 Å². The van der Waals surface area contributed by atoms with E-state index < -0.39 is 10.0 Å². The zero-order valence-electron chi connectivity index (χ0n) is 12.7. The second-order valence-corrected chi connectivity index (χ2v) is 7.53. The molecule has 0 spiro atoms. The number of benzene rings is 1. The smallest absolute Gasteiger partial charge is 0.244 e. The van der Waals surface area contributed by atoms with Gasteiger partial charge in [0.1, 0.15) is 10.6 Å². The van der Waals surface area contributed by atoms with Gasteiger partial charge in [0.2, 0.25) is 10.0 Å². The van der Waals surface area contributed by atoms with E-state index in [0.717, 1.165) is 0 Å². The second-order valence-electron chi connectivity index (χ2n) is 5.85. The molecule has 1 aromatic rings. The first-order valence-electron chi connectivity index (χ1n) is 6.62. The lowest BCUT2D eigenvalue weighted by molar-refractivity contribution is 0.315. The summed E-state index contributed by atoms with van der Waals surface area (Å²) < 4.78 is 33.0. The molecule has 5 nitrogen and oxygen atoms in total. The fourth-order valence-corrected chi connectivity index (χ4v) is 3.11. The van der Waals surface area contributed by atoms with Gasteiger partial charge in [-0.1, -0.05) is 20.8 Å². The Morgan fingerprint density at radius 3 is 2.45 bits per heavy atom. The summed E-state index contributed by atoms with van der Waals surface area (Å²) in [5.41, 5.74) is 5.89. The third-order valence-corrected chi connectivity index (χ3v) is 4.75. The Morgan fingerprint density at radius 1 is 1.35 bits per heavy atom. The Morgan fingerprint density at radius 2 is 1.95 bits per heavy atom. The molecule has 1 atom stereocenters. The van der Waals surface area contributed by atoms with Crippen molar-refractivity contribution in [1.82, 2.24) is 4.72 Å². The van der Waals surface area contributed by atoms with Crippen LogP contribution in [-0.2, 0) is 10.0 Å². The largest absolute Gasteiger partial charge is 0.492 e. The van der Waals surface area contributed by atoms with Gasteiger partial charge in [-0.25, -0.2) is 13.1 Å². The molecule has 0 bridgehead atoms. The zero-order chi connectivity index (χ0) is 15.6. The molecule has 1 rings (SSSR count). The van der Waals surface area contributed by atoms with Crippen molar-refractivity contribution in [3.05, 3.63) is 18.2 Å². The van der Waals surface area contributed by atoms with Crippen molar-refractivity contribution in [3.8, 4) is 5.75 Å². The Bertz CT molecular complexity index is 562. The topological polar surface area (TPSA) is 81.4 Å². The minimum Gasteiger partial charge on any atom is -0.492 e. The highest BCUT2D eigenvalue weighted by atomic mass is 32.2. The predicted molar refractivity (Wildman–Crippen MR) is 81.3 cm³/mol. The van der Waals surface area contributed by atoms with Gasteiger partial charge in [-0.05, 0) is 37.5 Å². The Kier molecular flexibility index (Phi) is 5.05. The lowest BCUT2D eigenvalue weighted by Gasteiger charge is -2.28. The van der Waals surface area contributed by atoms with Crippen LogP contribution in [0.15, 0.2) is 23.1 Å². The van der Waals surface area contributed by atoms with Crippen molar-refractivity contribution in [3.63, 3.8) is 0 Å². The number of sulfonamides is 1. The van der Waals surface area contributed by atoms with E-state index in [1.54, 1.807) is 19.1 Å². The van der Waals surface area contributed by atoms with Crippen LogP contribution in [0.3, 0.4) is 0 Å². The molecule has 1 unspecified atom stereocenters. The monoisotopic (exact) mass is 300 g/mol. The third-order valence-electron chi connectivity index (χ3n) is 3.19. The summed E-state index contributed by atoms with van der Waals surface area (Å²) in [7, 11) is -3.67. The van der Waals surface area contributed by atoms with Gasteiger partial charge >= 0.3 is 0 Å². The fraction of sp³-hybridized carbons (Fsp3) is 0.571. The highest BCUT2D eigenvalue weighted by Gasteiger charge is 2.28. The van der Waals surface area contributed by atoms with Crippen LogP contribution in [0.25, 0.3) is 0 Å². The van der Waals surface area contributed by atoms with Crippen molar-refractivity contribution in [1.29, 1.82) is 0 Å². The SMILES string of the molecule is CCOc1ccc(N)cc1S(=O)(=O)NC(C)C(C)(C)C. The summed E-state index contributed by atoms with van der Waals surface area (Å²) in [5, 5.41) is 0. The summed E-state index contributed by atoms with van der Waals surface area (Å²) in [5.74, 6) is 0.315. The second kappa shape index (κ2) is 6.01. The van der Waals surface area contributed by atoms with Crippen LogP contribution in [-0.4, -0.2) is 21.1 Å². The minimum absolute atomic E-state index is 0.0791. The predicted octanol–water partition coefficient (Wildman–Crippen LogP) is 2.38. The first-order valence-corrected chi connectivity index (χ1v) is 8.11. The van der Waals surface area contributed by atoms with E-state index in [1.165, 1.54) is 6.07 Å². The number of rotatable bonds is 5. The maximum absolute atomic E-state index is 12.5. The number of hydrogen-bond donors (Lipinski definition) is 2. The molecular weight excluding hydrogens is 276 g/mol. The molecule has 0 amide bonds. The van der Waals surface area contributed by atoms with Crippen molar-refractivity contribution in [2.75, 3.05) is 12.3 Å². The lowest BCUT2D eigenvalue weighted by atomic mass is 9.89. The quantitative estimate of drug-likeness (QED) is 0.818. The van der Waals surface area contributed by atoms with Crippen molar-refractivity contribution < 1.29 is 13.2 Å². The molecule has 3 N–H and O–H groups in total. The normalized spacial score (nSPS) is 14.1. The molecule has 1 aromatic carbocycles. The summed E-state index contributed by atoms with van der Waals surface area (Å²) in [6.07, 6.45) is 0. The molecule has 6 heteroatoms. The molecule has 20 heavy (non-hydrogen) atoms. The Balaban J connectivity index is 3.18. The number of ether oxygens (including phenoxy) is 1. The molecule has 0 aliphatic heterocycles. The van der Waals surface area contributed by atoms with Gasteiger partial charge in [0.05, 0.1) is 6.61 Å². The molecule has 0 aliphatic carbocycles. The first-order chi connectivity index (χ1) is 9.08. The number of nitrogens with one attached hydrogen (secondary N) is 1. The summed E-state index contributed by atoms with van der Waals surface area (Å²) >= 11 is 0. The van der Waals surface area contributed by atoms with Gasteiger partial charge < -0.3 is 10.5 Å². The van der Waals surface area contributed by atoms with Gasteiger partial charge in [-0.15, -0.1) is 0 Å². The number of nitrogen functional groups attached to an aromatic ring is 1. The molecule has 0 aromatic heterocycles. The average Bonchev–Trinajstić information content (AvgIpc) is 2.30. The van der Waals surface area contributed by atoms with Gasteiger partial charge in [0.15, 0.2) is 0 Å². The maximum atomic E-state index is 12.5. The van der Waals surface area contributed by atoms with Gasteiger partial charge in [-0.3, -0.25) is 0 Å². The van der Waals surface area contributed by atoms with E-state index in [4.69, 9.17) is 10.5 Å². The van der Waals surface area contributed by atoms with Crippen molar-refractivity contribution in [2.24, 2.45) is 5.41 Å². The van der Waals surface area contributed by atoms with Crippen LogP contribution in [0.1, 0.15) is 34.6 Å². The van der Waals surface area contributed by atoms with E-state index in [-0.39, 0.29) is 16.4 Å². The maximum Gasteiger partial charge on any atom is 0.244 e. The van der Waals surface area contributed by atoms with Crippen LogP contribution in [0.4, 0.5) is 5.69 Å². The summed E-state index contributed by atoms with van der Waals surface area (Å²) in [6.45, 7) is 9.96. The van der Waals surface area contributed by atoms with E-state index in [2.05, 4.69) is 4.72 Å². The molecule has 0 saturated heterocycles.